The Morgan fingerprint density at radius 3 is 2.50 bits per heavy atom. The number of halogens is 1. The SMILES string of the molecule is CCCC(=NO)C(C)=Cc1ccc(F)cc1. The molecule has 0 atom stereocenters. The molecule has 0 aromatic heterocycles. The minimum absolute atomic E-state index is 0.251. The first-order valence-electron chi connectivity index (χ1n) is 5.32. The molecule has 0 spiro atoms. The zero-order valence-corrected chi connectivity index (χ0v) is 9.57. The van der Waals surface area contributed by atoms with E-state index in [1.807, 2.05) is 19.9 Å². The third kappa shape index (κ3) is 3.50. The largest absolute Gasteiger partial charge is 0.411 e. The molecule has 1 aromatic carbocycles. The van der Waals surface area contributed by atoms with E-state index < -0.39 is 0 Å². The molecule has 0 amide bonds. The van der Waals surface area contributed by atoms with Crippen LogP contribution in [-0.4, -0.2) is 10.9 Å². The summed E-state index contributed by atoms with van der Waals surface area (Å²) in [7, 11) is 0. The van der Waals surface area contributed by atoms with Crippen molar-refractivity contribution in [3.63, 3.8) is 0 Å². The molecule has 2 nitrogen and oxygen atoms in total. The summed E-state index contributed by atoms with van der Waals surface area (Å²) in [4.78, 5) is 0. The van der Waals surface area contributed by atoms with Gasteiger partial charge in [-0.25, -0.2) is 4.39 Å². The topological polar surface area (TPSA) is 32.6 Å². The Labute approximate surface area is 95.1 Å². The monoisotopic (exact) mass is 221 g/mol. The standard InChI is InChI=1S/C13H16FNO/c1-3-4-13(15-16)10(2)9-11-5-7-12(14)8-6-11/h5-9,16H,3-4H2,1-2H3. The van der Waals surface area contributed by atoms with Crippen LogP contribution < -0.4 is 0 Å². The number of oxime groups is 1. The lowest BCUT2D eigenvalue weighted by Crippen LogP contribution is -1.99. The second-order valence-electron chi connectivity index (χ2n) is 3.68. The van der Waals surface area contributed by atoms with Crippen molar-refractivity contribution in [2.75, 3.05) is 0 Å². The van der Waals surface area contributed by atoms with E-state index in [-0.39, 0.29) is 5.82 Å². The van der Waals surface area contributed by atoms with Crippen LogP contribution in [0.3, 0.4) is 0 Å². The van der Waals surface area contributed by atoms with Crippen LogP contribution in [0, 0.1) is 5.82 Å². The molecule has 0 aliphatic heterocycles. The quantitative estimate of drug-likeness (QED) is 0.467. The molecule has 1 rings (SSSR count). The Hall–Kier alpha value is -1.64. The summed E-state index contributed by atoms with van der Waals surface area (Å²) in [5.41, 5.74) is 2.47. The molecule has 16 heavy (non-hydrogen) atoms. The minimum Gasteiger partial charge on any atom is -0.411 e. The van der Waals surface area contributed by atoms with Crippen molar-refractivity contribution in [2.45, 2.75) is 26.7 Å². The van der Waals surface area contributed by atoms with Gasteiger partial charge in [-0.15, -0.1) is 0 Å². The Morgan fingerprint density at radius 1 is 1.38 bits per heavy atom. The highest BCUT2D eigenvalue weighted by atomic mass is 19.1. The van der Waals surface area contributed by atoms with Gasteiger partial charge in [-0.2, -0.15) is 0 Å². The Balaban J connectivity index is 2.87. The molecule has 0 radical (unpaired) electrons. The minimum atomic E-state index is -0.251. The van der Waals surface area contributed by atoms with E-state index >= 15 is 0 Å². The third-order valence-corrected chi connectivity index (χ3v) is 2.32. The fourth-order valence-electron chi connectivity index (χ4n) is 1.46. The fourth-order valence-corrected chi connectivity index (χ4v) is 1.46. The smallest absolute Gasteiger partial charge is 0.123 e. The van der Waals surface area contributed by atoms with E-state index in [1.54, 1.807) is 12.1 Å². The van der Waals surface area contributed by atoms with Gasteiger partial charge in [0.25, 0.3) is 0 Å². The molecular weight excluding hydrogens is 205 g/mol. The van der Waals surface area contributed by atoms with Gasteiger partial charge >= 0.3 is 0 Å². The molecule has 0 unspecified atom stereocenters. The van der Waals surface area contributed by atoms with E-state index in [4.69, 9.17) is 5.21 Å². The Bertz CT molecular complexity index is 393. The first-order chi connectivity index (χ1) is 7.67. The van der Waals surface area contributed by atoms with Crippen LogP contribution in [0.5, 0.6) is 0 Å². The summed E-state index contributed by atoms with van der Waals surface area (Å²) in [5, 5.41) is 12.1. The highest BCUT2D eigenvalue weighted by molar-refractivity contribution is 6.02. The van der Waals surface area contributed by atoms with Crippen molar-refractivity contribution in [1.29, 1.82) is 0 Å². The molecule has 0 aliphatic carbocycles. The first-order valence-corrected chi connectivity index (χ1v) is 5.32. The lowest BCUT2D eigenvalue weighted by molar-refractivity contribution is 0.318. The van der Waals surface area contributed by atoms with Crippen LogP contribution in [0.25, 0.3) is 6.08 Å². The van der Waals surface area contributed by atoms with Crippen molar-refractivity contribution in [1.82, 2.24) is 0 Å². The molecule has 0 fully saturated rings. The van der Waals surface area contributed by atoms with E-state index in [9.17, 15) is 4.39 Å². The van der Waals surface area contributed by atoms with Crippen molar-refractivity contribution in [2.24, 2.45) is 5.16 Å². The van der Waals surface area contributed by atoms with Gasteiger partial charge in [0, 0.05) is 0 Å². The van der Waals surface area contributed by atoms with Gasteiger partial charge in [-0.1, -0.05) is 36.7 Å². The first kappa shape index (κ1) is 12.4. The zero-order valence-electron chi connectivity index (χ0n) is 9.57. The second kappa shape index (κ2) is 6.05. The van der Waals surface area contributed by atoms with Crippen molar-refractivity contribution in [3.05, 3.63) is 41.2 Å². The van der Waals surface area contributed by atoms with E-state index in [0.717, 1.165) is 24.0 Å². The highest BCUT2D eigenvalue weighted by Crippen LogP contribution is 2.11. The Kier molecular flexibility index (Phi) is 4.70. The summed E-state index contributed by atoms with van der Waals surface area (Å²) in [6.07, 6.45) is 3.54. The van der Waals surface area contributed by atoms with Gasteiger partial charge in [0.1, 0.15) is 5.82 Å². The normalized spacial score (nSPS) is 12.9. The predicted octanol–water partition coefficient (Wildman–Crippen LogP) is 3.86. The number of allylic oxidation sites excluding steroid dienone is 1. The number of nitrogens with zero attached hydrogens (tertiary/aromatic N) is 1. The molecule has 0 heterocycles. The molecule has 0 saturated heterocycles. The zero-order chi connectivity index (χ0) is 12.0. The van der Waals surface area contributed by atoms with Gasteiger partial charge in [0.2, 0.25) is 0 Å². The molecule has 0 saturated carbocycles. The number of hydrogen-bond acceptors (Lipinski definition) is 2. The van der Waals surface area contributed by atoms with Gasteiger partial charge < -0.3 is 5.21 Å². The fraction of sp³-hybridized carbons (Fsp3) is 0.308. The lowest BCUT2D eigenvalue weighted by atomic mass is 10.0. The summed E-state index contributed by atoms with van der Waals surface area (Å²) in [6, 6.07) is 6.21. The maximum atomic E-state index is 12.7. The van der Waals surface area contributed by atoms with Crippen LogP contribution in [0.2, 0.25) is 0 Å². The van der Waals surface area contributed by atoms with Crippen LogP contribution in [0.1, 0.15) is 32.3 Å². The summed E-state index contributed by atoms with van der Waals surface area (Å²) in [6.45, 7) is 3.91. The third-order valence-electron chi connectivity index (χ3n) is 2.32. The van der Waals surface area contributed by atoms with Crippen LogP contribution in [0.4, 0.5) is 4.39 Å². The van der Waals surface area contributed by atoms with Gasteiger partial charge in [-0.3, -0.25) is 0 Å². The second-order valence-corrected chi connectivity index (χ2v) is 3.68. The van der Waals surface area contributed by atoms with Crippen LogP contribution in [-0.2, 0) is 0 Å². The lowest BCUT2D eigenvalue weighted by Gasteiger charge is -2.03. The summed E-state index contributed by atoms with van der Waals surface area (Å²) < 4.78 is 12.7. The average molecular weight is 221 g/mol. The summed E-state index contributed by atoms with van der Waals surface area (Å²) >= 11 is 0. The molecule has 1 N–H and O–H groups in total. The van der Waals surface area contributed by atoms with E-state index in [0.29, 0.717) is 5.71 Å². The molecular formula is C13H16FNO. The number of rotatable bonds is 4. The Morgan fingerprint density at radius 2 is 2.00 bits per heavy atom. The maximum Gasteiger partial charge on any atom is 0.123 e. The van der Waals surface area contributed by atoms with Crippen LogP contribution >= 0.6 is 0 Å². The average Bonchev–Trinajstić information content (AvgIpc) is 2.29. The van der Waals surface area contributed by atoms with Crippen LogP contribution in [0.15, 0.2) is 35.0 Å². The molecule has 0 bridgehead atoms. The van der Waals surface area contributed by atoms with Gasteiger partial charge in [0.15, 0.2) is 0 Å². The number of hydrogen-bond donors (Lipinski definition) is 1. The molecule has 3 heteroatoms. The van der Waals surface area contributed by atoms with Crippen molar-refractivity contribution >= 4 is 11.8 Å². The number of benzene rings is 1. The molecule has 86 valence electrons. The van der Waals surface area contributed by atoms with Gasteiger partial charge in [-0.05, 0) is 36.6 Å². The molecule has 0 aliphatic rings. The highest BCUT2D eigenvalue weighted by Gasteiger charge is 2.01. The van der Waals surface area contributed by atoms with E-state index in [1.165, 1.54) is 12.1 Å². The maximum absolute atomic E-state index is 12.7. The van der Waals surface area contributed by atoms with Gasteiger partial charge in [0.05, 0.1) is 5.71 Å². The summed E-state index contributed by atoms with van der Waals surface area (Å²) in [5.74, 6) is -0.251. The molecule has 1 aromatic rings. The predicted molar refractivity (Wildman–Crippen MR) is 64.2 cm³/mol. The van der Waals surface area contributed by atoms with Crippen molar-refractivity contribution in [3.8, 4) is 0 Å². The van der Waals surface area contributed by atoms with E-state index in [2.05, 4.69) is 5.16 Å². The van der Waals surface area contributed by atoms with Crippen molar-refractivity contribution < 1.29 is 9.60 Å².